The molecule has 3 heterocycles. The molecule has 2 aromatic carbocycles. The van der Waals surface area contributed by atoms with Crippen LogP contribution in [-0.2, 0) is 9.59 Å². The molecular weight excluding hydrogens is 542 g/mol. The lowest BCUT2D eigenvalue weighted by molar-refractivity contribution is -0.133. The summed E-state index contributed by atoms with van der Waals surface area (Å²) in [5.74, 6) is 0.475. The van der Waals surface area contributed by atoms with Gasteiger partial charge < -0.3 is 19.3 Å². The second kappa shape index (κ2) is 11.3. The summed E-state index contributed by atoms with van der Waals surface area (Å²) in [5, 5.41) is 9.17. The van der Waals surface area contributed by atoms with E-state index < -0.39 is 6.04 Å². The van der Waals surface area contributed by atoms with E-state index >= 15 is 0 Å². The summed E-state index contributed by atoms with van der Waals surface area (Å²) in [4.78, 5) is 43.6. The van der Waals surface area contributed by atoms with Crippen LogP contribution < -0.4 is 10.9 Å². The number of piperazine rings is 1. The molecule has 214 valence electrons. The Hall–Kier alpha value is -3.69. The molecule has 10 heteroatoms. The first kappa shape index (κ1) is 27.5. The van der Waals surface area contributed by atoms with Crippen molar-refractivity contribution >= 4 is 45.2 Å². The number of nitrogens with zero attached hydrogens (tertiary/aromatic N) is 4. The van der Waals surface area contributed by atoms with Gasteiger partial charge in [0.25, 0.3) is 5.56 Å². The highest BCUT2D eigenvalue weighted by Gasteiger charge is 2.34. The van der Waals surface area contributed by atoms with Crippen molar-refractivity contribution in [2.24, 2.45) is 0 Å². The number of carbonyl (C=O) groups is 2. The molecule has 2 amide bonds. The van der Waals surface area contributed by atoms with E-state index in [2.05, 4.69) is 15.4 Å². The molecule has 2 fully saturated rings. The molecule has 0 bridgehead atoms. The van der Waals surface area contributed by atoms with Gasteiger partial charge in [0, 0.05) is 50.6 Å². The maximum absolute atomic E-state index is 13.9. The molecule has 0 radical (unpaired) electrons. The molecular formula is C31H34ClN5O4. The Morgan fingerprint density at radius 1 is 1.02 bits per heavy atom. The predicted octanol–water partition coefficient (Wildman–Crippen LogP) is 4.61. The van der Waals surface area contributed by atoms with Crippen molar-refractivity contribution in [3.63, 3.8) is 0 Å². The second-order valence-electron chi connectivity index (χ2n) is 11.2. The van der Waals surface area contributed by atoms with Crippen LogP contribution in [0.15, 0.2) is 57.8 Å². The molecule has 0 spiro atoms. The Morgan fingerprint density at radius 3 is 2.51 bits per heavy atom. The number of rotatable bonds is 5. The molecule has 41 heavy (non-hydrogen) atoms. The summed E-state index contributed by atoms with van der Waals surface area (Å²) >= 11 is 6.62. The molecule has 1 saturated carbocycles. The number of halogens is 1. The Bertz CT molecular complexity index is 1660. The van der Waals surface area contributed by atoms with Crippen LogP contribution in [0.2, 0.25) is 5.02 Å². The van der Waals surface area contributed by atoms with Crippen molar-refractivity contribution in [2.45, 2.75) is 57.7 Å². The van der Waals surface area contributed by atoms with E-state index in [1.165, 1.54) is 0 Å². The third-order valence-corrected chi connectivity index (χ3v) is 8.94. The number of carbonyl (C=O) groups excluding carboxylic acids is 2. The van der Waals surface area contributed by atoms with Crippen LogP contribution in [0.1, 0.15) is 56.0 Å². The number of hydrogen-bond donors (Lipinski definition) is 1. The Balaban J connectivity index is 1.28. The molecule has 1 N–H and O–H groups in total. The average molecular weight is 576 g/mol. The molecule has 1 saturated heterocycles. The summed E-state index contributed by atoms with van der Waals surface area (Å²) in [7, 11) is 0. The topological polar surface area (TPSA) is 101 Å². The quantitative estimate of drug-likeness (QED) is 0.373. The van der Waals surface area contributed by atoms with Crippen LogP contribution in [0.5, 0.6) is 0 Å². The summed E-state index contributed by atoms with van der Waals surface area (Å²) in [6, 6.07) is 14.7. The van der Waals surface area contributed by atoms with Crippen molar-refractivity contribution in [3.8, 4) is 0 Å². The van der Waals surface area contributed by atoms with Crippen LogP contribution in [0.25, 0.3) is 21.8 Å². The van der Waals surface area contributed by atoms with Crippen LogP contribution in [-0.4, -0.2) is 63.6 Å². The van der Waals surface area contributed by atoms with E-state index in [9.17, 15) is 14.4 Å². The first-order chi connectivity index (χ1) is 19.8. The largest absolute Gasteiger partial charge is 0.360 e. The Labute approximate surface area is 243 Å². The maximum atomic E-state index is 13.9. The summed E-state index contributed by atoms with van der Waals surface area (Å²) in [5.41, 5.74) is 2.00. The second-order valence-corrected chi connectivity index (χ2v) is 11.6. The molecule has 2 aromatic heterocycles. The van der Waals surface area contributed by atoms with Crippen molar-refractivity contribution in [1.82, 2.24) is 24.8 Å². The van der Waals surface area contributed by atoms with Gasteiger partial charge in [-0.15, -0.1) is 0 Å². The fourth-order valence-electron chi connectivity index (χ4n) is 6.60. The minimum atomic E-state index is -0.455. The van der Waals surface area contributed by atoms with E-state index in [4.69, 9.17) is 16.1 Å². The predicted molar refractivity (Wildman–Crippen MR) is 158 cm³/mol. The van der Waals surface area contributed by atoms with Crippen LogP contribution in [0.3, 0.4) is 0 Å². The standard InChI is InChI=1S/C31H34ClN5O4/c1-19-26-28(34-41-19)27-24(32)12-7-13-25(27)37(31(26)40)23-11-6-10-22(18-23)33-30(39)29(21-8-4-3-5-9-21)36-16-14-35(15-17-36)20(2)38/h3-5,7-9,12-13,22-23,29H,6,10-11,14-18H2,1-2H3,(H,33,39)/t22-,23+,29?/m1/s1. The summed E-state index contributed by atoms with van der Waals surface area (Å²) < 4.78 is 7.25. The number of aryl methyl sites for hydroxylation is 1. The van der Waals surface area contributed by atoms with Crippen molar-refractivity contribution < 1.29 is 14.1 Å². The van der Waals surface area contributed by atoms with E-state index in [0.717, 1.165) is 30.3 Å². The lowest BCUT2D eigenvalue weighted by Gasteiger charge is -2.39. The first-order valence-electron chi connectivity index (χ1n) is 14.3. The Morgan fingerprint density at radius 2 is 1.78 bits per heavy atom. The van der Waals surface area contributed by atoms with Crippen LogP contribution >= 0.6 is 11.6 Å². The summed E-state index contributed by atoms with van der Waals surface area (Å²) in [6.45, 7) is 5.77. The van der Waals surface area contributed by atoms with E-state index in [-0.39, 0.29) is 29.5 Å². The van der Waals surface area contributed by atoms with Gasteiger partial charge in [0.2, 0.25) is 11.8 Å². The third-order valence-electron chi connectivity index (χ3n) is 8.63. The molecule has 2 aliphatic rings. The fourth-order valence-corrected chi connectivity index (χ4v) is 6.86. The molecule has 3 atom stereocenters. The maximum Gasteiger partial charge on any atom is 0.264 e. The van der Waals surface area contributed by atoms with Gasteiger partial charge in [-0.1, -0.05) is 53.2 Å². The molecule has 1 aliphatic carbocycles. The van der Waals surface area contributed by atoms with E-state index in [1.807, 2.05) is 51.9 Å². The van der Waals surface area contributed by atoms with Crippen molar-refractivity contribution in [2.75, 3.05) is 26.2 Å². The first-order valence-corrected chi connectivity index (χ1v) is 14.6. The zero-order valence-corrected chi connectivity index (χ0v) is 24.1. The number of benzene rings is 2. The third kappa shape index (κ3) is 5.13. The highest BCUT2D eigenvalue weighted by molar-refractivity contribution is 6.37. The van der Waals surface area contributed by atoms with E-state index in [0.29, 0.717) is 59.7 Å². The number of fused-ring (bicyclic) bond motifs is 3. The van der Waals surface area contributed by atoms with Crippen molar-refractivity contribution in [1.29, 1.82) is 0 Å². The SMILES string of the molecule is CC(=O)N1CCN(C(C(=O)N[C@@H]2CCC[C@H](n3c(=O)c4c(C)onc4c4c(Cl)cccc43)C2)c2ccccc2)CC1. The van der Waals surface area contributed by atoms with Gasteiger partial charge in [-0.25, -0.2) is 0 Å². The van der Waals surface area contributed by atoms with Gasteiger partial charge in [0.15, 0.2) is 0 Å². The normalized spacial score (nSPS) is 20.8. The average Bonchev–Trinajstić information content (AvgIpc) is 3.36. The van der Waals surface area contributed by atoms with Gasteiger partial charge in [-0.2, -0.15) is 0 Å². The molecule has 1 unspecified atom stereocenters. The smallest absolute Gasteiger partial charge is 0.264 e. The number of amides is 2. The molecule has 1 aliphatic heterocycles. The summed E-state index contributed by atoms with van der Waals surface area (Å²) in [6.07, 6.45) is 3.16. The number of hydrogen-bond acceptors (Lipinski definition) is 6. The minimum Gasteiger partial charge on any atom is -0.360 e. The van der Waals surface area contributed by atoms with E-state index in [1.54, 1.807) is 19.9 Å². The highest BCUT2D eigenvalue weighted by atomic mass is 35.5. The van der Waals surface area contributed by atoms with Gasteiger partial charge >= 0.3 is 0 Å². The lowest BCUT2D eigenvalue weighted by atomic mass is 9.89. The van der Waals surface area contributed by atoms with Crippen LogP contribution in [0, 0.1) is 6.92 Å². The number of pyridine rings is 1. The van der Waals surface area contributed by atoms with Gasteiger partial charge in [-0.05, 0) is 50.3 Å². The monoisotopic (exact) mass is 575 g/mol. The highest BCUT2D eigenvalue weighted by Crippen LogP contribution is 2.35. The van der Waals surface area contributed by atoms with Crippen LogP contribution in [0.4, 0.5) is 0 Å². The lowest BCUT2D eigenvalue weighted by Crippen LogP contribution is -2.53. The fraction of sp³-hybridized carbons (Fsp3) is 0.419. The Kier molecular flexibility index (Phi) is 7.57. The molecule has 9 nitrogen and oxygen atoms in total. The number of nitrogens with one attached hydrogen (secondary N) is 1. The number of aromatic nitrogens is 2. The van der Waals surface area contributed by atoms with Gasteiger partial charge in [0.05, 0.1) is 10.5 Å². The van der Waals surface area contributed by atoms with Crippen molar-refractivity contribution in [3.05, 3.63) is 75.2 Å². The zero-order chi connectivity index (χ0) is 28.7. The molecule has 4 aromatic rings. The minimum absolute atomic E-state index is 0.0521. The zero-order valence-electron chi connectivity index (χ0n) is 23.3. The van der Waals surface area contributed by atoms with Gasteiger partial charge in [-0.3, -0.25) is 19.3 Å². The molecule has 6 rings (SSSR count). The van der Waals surface area contributed by atoms with Gasteiger partial charge in [0.1, 0.15) is 22.7 Å².